The minimum absolute atomic E-state index is 0.00321. The van der Waals surface area contributed by atoms with Crippen LogP contribution in [0.4, 0.5) is 28.0 Å². The third-order valence-electron chi connectivity index (χ3n) is 5.96. The van der Waals surface area contributed by atoms with Gasteiger partial charge in [-0.05, 0) is 18.6 Å². The summed E-state index contributed by atoms with van der Waals surface area (Å²) in [5.74, 6) is -7.08. The maximum atomic E-state index is 14.6. The number of anilines is 1. The fourth-order valence-electron chi connectivity index (χ4n) is 4.33. The number of halogens is 4. The van der Waals surface area contributed by atoms with Crippen molar-refractivity contribution < 1.29 is 37.1 Å². The zero-order valence-electron chi connectivity index (χ0n) is 15.7. The predicted molar refractivity (Wildman–Crippen MR) is 95.3 cm³/mol. The Hall–Kier alpha value is -2.85. The number of carboxylic acid groups (broad SMARTS) is 1. The topological polar surface area (TPSA) is 90.0 Å². The number of carbonyl (C=O) groups excluding carboxylic acids is 2. The molecule has 0 bridgehead atoms. The highest BCUT2D eigenvalue weighted by molar-refractivity contribution is 6.01. The van der Waals surface area contributed by atoms with Gasteiger partial charge >= 0.3 is 6.09 Å². The average molecular weight is 429 g/mol. The molecule has 3 amide bonds. The molecule has 11 heteroatoms. The van der Waals surface area contributed by atoms with Gasteiger partial charge in [-0.25, -0.2) is 22.4 Å². The molecule has 1 aromatic carbocycles. The highest BCUT2D eigenvalue weighted by atomic mass is 19.3. The van der Waals surface area contributed by atoms with Crippen LogP contribution in [-0.2, 0) is 9.59 Å². The number of imide groups is 1. The first kappa shape index (κ1) is 20.4. The molecule has 1 aliphatic carbocycles. The van der Waals surface area contributed by atoms with E-state index in [1.807, 2.05) is 0 Å². The fourth-order valence-corrected chi connectivity index (χ4v) is 4.33. The molecule has 0 aromatic heterocycles. The number of benzene rings is 1. The van der Waals surface area contributed by atoms with E-state index >= 15 is 0 Å². The standard InChI is InChI=1S/C19H19F4N3O4/c20-13-3-9(4-14(21)16(13)12-1-2-15(27)24-17(12)28)25-7-11(8-25)26(18(29)30)10-5-19(22,23)6-10/h3-4,10-12H,1-2,5-8H2,(H,29,30)(H,24,27,28). The van der Waals surface area contributed by atoms with Crippen LogP contribution < -0.4 is 10.2 Å². The van der Waals surface area contributed by atoms with E-state index in [1.165, 1.54) is 4.90 Å². The van der Waals surface area contributed by atoms with Crippen LogP contribution in [-0.4, -0.2) is 59.0 Å². The van der Waals surface area contributed by atoms with E-state index in [1.54, 1.807) is 0 Å². The summed E-state index contributed by atoms with van der Waals surface area (Å²) in [4.78, 5) is 37.2. The number of amides is 3. The molecule has 2 N–H and O–H groups in total. The minimum atomic E-state index is -2.86. The molecule has 4 rings (SSSR count). The highest BCUT2D eigenvalue weighted by Gasteiger charge is 2.52. The van der Waals surface area contributed by atoms with Gasteiger partial charge in [-0.15, -0.1) is 0 Å². The van der Waals surface area contributed by atoms with Gasteiger partial charge in [0, 0.05) is 49.6 Å². The van der Waals surface area contributed by atoms with Gasteiger partial charge in [0.25, 0.3) is 5.92 Å². The second kappa shape index (κ2) is 7.13. The summed E-state index contributed by atoms with van der Waals surface area (Å²) >= 11 is 0. The second-order valence-corrected chi connectivity index (χ2v) is 7.99. The summed E-state index contributed by atoms with van der Waals surface area (Å²) in [6.07, 6.45) is -2.37. The third-order valence-corrected chi connectivity index (χ3v) is 5.96. The Bertz CT molecular complexity index is 888. The van der Waals surface area contributed by atoms with Gasteiger partial charge in [-0.3, -0.25) is 19.8 Å². The van der Waals surface area contributed by atoms with Gasteiger partial charge in [0.2, 0.25) is 11.8 Å². The first-order chi connectivity index (χ1) is 14.1. The Balaban J connectivity index is 1.45. The van der Waals surface area contributed by atoms with Gasteiger partial charge in [0.05, 0.1) is 12.0 Å². The van der Waals surface area contributed by atoms with Crippen LogP contribution in [0.2, 0.25) is 0 Å². The molecular weight excluding hydrogens is 410 g/mol. The van der Waals surface area contributed by atoms with Crippen LogP contribution in [0.5, 0.6) is 0 Å². The van der Waals surface area contributed by atoms with Crippen LogP contribution in [0.1, 0.15) is 37.2 Å². The average Bonchev–Trinajstić information content (AvgIpc) is 2.56. The second-order valence-electron chi connectivity index (χ2n) is 7.99. The van der Waals surface area contributed by atoms with Crippen molar-refractivity contribution in [2.24, 2.45) is 0 Å². The number of alkyl halides is 2. The minimum Gasteiger partial charge on any atom is -0.465 e. The van der Waals surface area contributed by atoms with Gasteiger partial charge in [-0.2, -0.15) is 0 Å². The van der Waals surface area contributed by atoms with Crippen LogP contribution in [0.25, 0.3) is 0 Å². The number of hydrogen-bond acceptors (Lipinski definition) is 4. The quantitative estimate of drug-likeness (QED) is 0.567. The van der Waals surface area contributed by atoms with Crippen LogP contribution in [0.15, 0.2) is 12.1 Å². The lowest BCUT2D eigenvalue weighted by atomic mass is 9.85. The zero-order chi connectivity index (χ0) is 21.8. The van der Waals surface area contributed by atoms with Crippen LogP contribution in [0.3, 0.4) is 0 Å². The van der Waals surface area contributed by atoms with Crippen molar-refractivity contribution in [3.05, 3.63) is 29.3 Å². The number of piperidine rings is 1. The molecule has 0 radical (unpaired) electrons. The number of rotatable bonds is 4. The summed E-state index contributed by atoms with van der Waals surface area (Å²) in [6.45, 7) is 0.232. The lowest BCUT2D eigenvalue weighted by Gasteiger charge is -2.51. The molecular formula is C19H19F4N3O4. The van der Waals surface area contributed by atoms with Crippen molar-refractivity contribution in [2.45, 2.75) is 49.6 Å². The molecule has 0 spiro atoms. The SMILES string of the molecule is O=C1CCC(c2c(F)cc(N3CC(N(C(=O)O)C4CC(F)(F)C4)C3)cc2F)C(=O)N1. The van der Waals surface area contributed by atoms with Gasteiger partial charge < -0.3 is 10.0 Å². The molecule has 2 heterocycles. The summed E-state index contributed by atoms with van der Waals surface area (Å²) in [7, 11) is 0. The van der Waals surface area contributed by atoms with Gasteiger partial charge in [-0.1, -0.05) is 0 Å². The maximum absolute atomic E-state index is 14.6. The molecule has 1 saturated carbocycles. The van der Waals surface area contributed by atoms with E-state index in [4.69, 9.17) is 0 Å². The molecule has 1 aromatic rings. The third kappa shape index (κ3) is 3.56. The van der Waals surface area contributed by atoms with Crippen LogP contribution in [0, 0.1) is 11.6 Å². The van der Waals surface area contributed by atoms with E-state index in [2.05, 4.69) is 5.32 Å². The van der Waals surface area contributed by atoms with Crippen molar-refractivity contribution in [3.8, 4) is 0 Å². The molecule has 2 aliphatic heterocycles. The Morgan fingerprint density at radius 1 is 1.13 bits per heavy atom. The molecule has 3 aliphatic rings. The van der Waals surface area contributed by atoms with Crippen molar-refractivity contribution in [3.63, 3.8) is 0 Å². The van der Waals surface area contributed by atoms with Gasteiger partial charge in [0.1, 0.15) is 11.6 Å². The van der Waals surface area contributed by atoms with E-state index < -0.39 is 71.9 Å². The van der Waals surface area contributed by atoms with Crippen molar-refractivity contribution in [1.29, 1.82) is 0 Å². The van der Waals surface area contributed by atoms with Crippen molar-refractivity contribution in [2.75, 3.05) is 18.0 Å². The molecule has 1 unspecified atom stereocenters. The Morgan fingerprint density at radius 2 is 1.73 bits per heavy atom. The van der Waals surface area contributed by atoms with E-state index in [0.717, 1.165) is 17.0 Å². The highest BCUT2D eigenvalue weighted by Crippen LogP contribution is 2.42. The van der Waals surface area contributed by atoms with Crippen molar-refractivity contribution >= 4 is 23.6 Å². The maximum Gasteiger partial charge on any atom is 0.407 e. The molecule has 3 fully saturated rings. The number of hydrogen-bond donors (Lipinski definition) is 2. The Labute approximate surface area is 168 Å². The summed E-state index contributed by atoms with van der Waals surface area (Å²) < 4.78 is 55.5. The fraction of sp³-hybridized carbons (Fsp3) is 0.526. The lowest BCUT2D eigenvalue weighted by Crippen LogP contribution is -2.66. The Kier molecular flexibility index (Phi) is 4.86. The molecule has 30 heavy (non-hydrogen) atoms. The predicted octanol–water partition coefficient (Wildman–Crippen LogP) is 2.45. The number of nitrogens with zero attached hydrogens (tertiary/aromatic N) is 2. The normalized spacial score (nSPS) is 24.1. The first-order valence-corrected chi connectivity index (χ1v) is 9.52. The van der Waals surface area contributed by atoms with E-state index in [-0.39, 0.29) is 31.6 Å². The van der Waals surface area contributed by atoms with Gasteiger partial charge in [0.15, 0.2) is 0 Å². The monoisotopic (exact) mass is 429 g/mol. The van der Waals surface area contributed by atoms with Crippen molar-refractivity contribution in [1.82, 2.24) is 10.2 Å². The smallest absolute Gasteiger partial charge is 0.407 e. The molecule has 7 nitrogen and oxygen atoms in total. The zero-order valence-corrected chi connectivity index (χ0v) is 15.7. The molecule has 2 saturated heterocycles. The number of nitrogens with one attached hydrogen (secondary N) is 1. The first-order valence-electron chi connectivity index (χ1n) is 9.52. The largest absolute Gasteiger partial charge is 0.465 e. The number of carbonyl (C=O) groups is 3. The summed E-state index contributed by atoms with van der Waals surface area (Å²) in [5, 5.41) is 11.4. The molecule has 162 valence electrons. The van der Waals surface area contributed by atoms with Crippen LogP contribution >= 0.6 is 0 Å². The van der Waals surface area contributed by atoms with E-state index in [0.29, 0.717) is 0 Å². The summed E-state index contributed by atoms with van der Waals surface area (Å²) in [5.41, 5.74) is -0.244. The lowest BCUT2D eigenvalue weighted by molar-refractivity contribution is -0.134. The molecule has 1 atom stereocenters. The summed E-state index contributed by atoms with van der Waals surface area (Å²) in [6, 6.07) is 0.791. The Morgan fingerprint density at radius 3 is 2.23 bits per heavy atom. The van der Waals surface area contributed by atoms with E-state index in [9.17, 15) is 37.1 Å².